The standard InChI is InChI=1S/C14H17NO3/c1-11(2)8-13(16)15(10-14(17)18)9-12-6-4-3-5-7-12/h3-8H,9-10H2,1-2H3,(H,17,18). The van der Waals surface area contributed by atoms with Gasteiger partial charge in [-0.25, -0.2) is 0 Å². The van der Waals surface area contributed by atoms with E-state index in [1.54, 1.807) is 13.8 Å². The zero-order valence-corrected chi connectivity index (χ0v) is 10.6. The van der Waals surface area contributed by atoms with Crippen LogP contribution in [0.15, 0.2) is 42.0 Å². The smallest absolute Gasteiger partial charge is 0.323 e. The number of allylic oxidation sites excluding steroid dienone is 1. The van der Waals surface area contributed by atoms with Crippen LogP contribution in [0.3, 0.4) is 0 Å². The van der Waals surface area contributed by atoms with Crippen LogP contribution < -0.4 is 0 Å². The van der Waals surface area contributed by atoms with Crippen molar-refractivity contribution in [3.63, 3.8) is 0 Å². The third-order valence-corrected chi connectivity index (χ3v) is 2.27. The fourth-order valence-electron chi connectivity index (χ4n) is 1.52. The number of aliphatic carboxylic acids is 1. The molecule has 1 N–H and O–H groups in total. The molecule has 0 fully saturated rings. The summed E-state index contributed by atoms with van der Waals surface area (Å²) in [5.74, 6) is -1.29. The Balaban J connectivity index is 2.82. The first kappa shape index (κ1) is 14.0. The summed E-state index contributed by atoms with van der Waals surface area (Å²) < 4.78 is 0. The van der Waals surface area contributed by atoms with E-state index >= 15 is 0 Å². The van der Waals surface area contributed by atoms with E-state index < -0.39 is 5.97 Å². The minimum absolute atomic E-state index is 0.277. The van der Waals surface area contributed by atoms with E-state index in [0.29, 0.717) is 6.54 Å². The minimum atomic E-state index is -1.01. The van der Waals surface area contributed by atoms with Gasteiger partial charge in [-0.1, -0.05) is 35.9 Å². The summed E-state index contributed by atoms with van der Waals surface area (Å²) in [6.45, 7) is 3.62. The first-order chi connectivity index (χ1) is 8.49. The van der Waals surface area contributed by atoms with Gasteiger partial charge in [0.15, 0.2) is 0 Å². The van der Waals surface area contributed by atoms with Gasteiger partial charge in [-0.05, 0) is 19.4 Å². The van der Waals surface area contributed by atoms with Gasteiger partial charge in [0.1, 0.15) is 6.54 Å². The van der Waals surface area contributed by atoms with Crippen LogP contribution in [0.2, 0.25) is 0 Å². The van der Waals surface area contributed by atoms with Crippen molar-refractivity contribution in [1.82, 2.24) is 4.90 Å². The second kappa shape index (κ2) is 6.59. The van der Waals surface area contributed by atoms with Gasteiger partial charge in [0, 0.05) is 12.6 Å². The molecule has 0 unspecified atom stereocenters. The maximum absolute atomic E-state index is 11.9. The molecule has 0 radical (unpaired) electrons. The van der Waals surface area contributed by atoms with Gasteiger partial charge in [0.05, 0.1) is 0 Å². The van der Waals surface area contributed by atoms with E-state index in [1.165, 1.54) is 11.0 Å². The monoisotopic (exact) mass is 247 g/mol. The summed E-state index contributed by atoms with van der Waals surface area (Å²) in [5, 5.41) is 8.83. The molecule has 0 heterocycles. The van der Waals surface area contributed by atoms with E-state index in [9.17, 15) is 9.59 Å². The zero-order chi connectivity index (χ0) is 13.5. The lowest BCUT2D eigenvalue weighted by Crippen LogP contribution is -2.34. The molecule has 0 saturated carbocycles. The molecule has 1 rings (SSSR count). The quantitative estimate of drug-likeness (QED) is 0.810. The summed E-state index contributed by atoms with van der Waals surface area (Å²) >= 11 is 0. The van der Waals surface area contributed by atoms with Crippen molar-refractivity contribution in [2.45, 2.75) is 20.4 Å². The number of benzene rings is 1. The molecule has 4 nitrogen and oxygen atoms in total. The fourth-order valence-corrected chi connectivity index (χ4v) is 1.52. The lowest BCUT2D eigenvalue weighted by molar-refractivity contribution is -0.143. The van der Waals surface area contributed by atoms with Gasteiger partial charge in [-0.2, -0.15) is 0 Å². The molecule has 4 heteroatoms. The minimum Gasteiger partial charge on any atom is -0.480 e. The number of carbonyl (C=O) groups excluding carboxylic acids is 1. The van der Waals surface area contributed by atoms with Crippen LogP contribution in [-0.2, 0) is 16.1 Å². The van der Waals surface area contributed by atoms with Crippen LogP contribution in [0, 0.1) is 0 Å². The van der Waals surface area contributed by atoms with Crippen molar-refractivity contribution in [1.29, 1.82) is 0 Å². The van der Waals surface area contributed by atoms with Crippen molar-refractivity contribution in [3.05, 3.63) is 47.5 Å². The fraction of sp³-hybridized carbons (Fsp3) is 0.286. The molecule has 0 aliphatic heterocycles. The van der Waals surface area contributed by atoms with Gasteiger partial charge >= 0.3 is 5.97 Å². The Morgan fingerprint density at radius 2 is 1.83 bits per heavy atom. The van der Waals surface area contributed by atoms with Crippen molar-refractivity contribution in [3.8, 4) is 0 Å². The molecule has 18 heavy (non-hydrogen) atoms. The normalized spacial score (nSPS) is 9.67. The predicted molar refractivity (Wildman–Crippen MR) is 68.9 cm³/mol. The molecule has 96 valence electrons. The average Bonchev–Trinajstić information content (AvgIpc) is 2.28. The molecule has 0 spiro atoms. The Hall–Kier alpha value is -2.10. The maximum atomic E-state index is 11.9. The summed E-state index contributed by atoms with van der Waals surface area (Å²) in [5.41, 5.74) is 1.76. The lowest BCUT2D eigenvalue weighted by atomic mass is 10.2. The van der Waals surface area contributed by atoms with Crippen LogP contribution in [0.25, 0.3) is 0 Å². The third-order valence-electron chi connectivity index (χ3n) is 2.27. The van der Waals surface area contributed by atoms with Gasteiger partial charge in [0.2, 0.25) is 5.91 Å². The maximum Gasteiger partial charge on any atom is 0.323 e. The Morgan fingerprint density at radius 1 is 1.22 bits per heavy atom. The second-order valence-corrected chi connectivity index (χ2v) is 4.30. The number of hydrogen-bond acceptors (Lipinski definition) is 2. The number of hydrogen-bond donors (Lipinski definition) is 1. The molecular formula is C14H17NO3. The highest BCUT2D eigenvalue weighted by Crippen LogP contribution is 2.06. The van der Waals surface area contributed by atoms with Crippen molar-refractivity contribution < 1.29 is 14.7 Å². The largest absolute Gasteiger partial charge is 0.480 e. The molecular weight excluding hydrogens is 230 g/mol. The van der Waals surface area contributed by atoms with Crippen LogP contribution in [0.1, 0.15) is 19.4 Å². The van der Waals surface area contributed by atoms with Gasteiger partial charge in [-0.3, -0.25) is 9.59 Å². The van der Waals surface area contributed by atoms with Crippen LogP contribution in [0.4, 0.5) is 0 Å². The van der Waals surface area contributed by atoms with Gasteiger partial charge in [0.25, 0.3) is 0 Å². The van der Waals surface area contributed by atoms with Gasteiger partial charge < -0.3 is 10.0 Å². The van der Waals surface area contributed by atoms with E-state index in [-0.39, 0.29) is 12.5 Å². The number of rotatable bonds is 5. The number of nitrogens with zero attached hydrogens (tertiary/aromatic N) is 1. The molecule has 0 aliphatic carbocycles. The second-order valence-electron chi connectivity index (χ2n) is 4.30. The Labute approximate surface area is 107 Å². The predicted octanol–water partition coefficient (Wildman–Crippen LogP) is 2.07. The number of amides is 1. The van der Waals surface area contributed by atoms with Gasteiger partial charge in [-0.15, -0.1) is 0 Å². The van der Waals surface area contributed by atoms with E-state index in [0.717, 1.165) is 11.1 Å². The van der Waals surface area contributed by atoms with Crippen molar-refractivity contribution in [2.24, 2.45) is 0 Å². The zero-order valence-electron chi connectivity index (χ0n) is 10.6. The Morgan fingerprint density at radius 3 is 2.33 bits per heavy atom. The lowest BCUT2D eigenvalue weighted by Gasteiger charge is -2.19. The highest BCUT2D eigenvalue weighted by Gasteiger charge is 2.14. The molecule has 1 amide bonds. The average molecular weight is 247 g/mol. The van der Waals surface area contributed by atoms with Crippen LogP contribution in [0.5, 0.6) is 0 Å². The van der Waals surface area contributed by atoms with E-state index in [2.05, 4.69) is 0 Å². The molecule has 1 aromatic rings. The van der Waals surface area contributed by atoms with Crippen LogP contribution >= 0.6 is 0 Å². The number of carboxylic acid groups (broad SMARTS) is 1. The molecule has 0 aliphatic rings. The SMILES string of the molecule is CC(C)=CC(=O)N(CC(=O)O)Cc1ccccc1. The topological polar surface area (TPSA) is 57.6 Å². The molecule has 1 aromatic carbocycles. The van der Waals surface area contributed by atoms with Crippen LogP contribution in [-0.4, -0.2) is 28.4 Å². The molecule has 0 atom stereocenters. The summed E-state index contributed by atoms with van der Waals surface area (Å²) in [4.78, 5) is 24.0. The first-order valence-corrected chi connectivity index (χ1v) is 5.68. The highest BCUT2D eigenvalue weighted by atomic mass is 16.4. The molecule has 0 aromatic heterocycles. The van der Waals surface area contributed by atoms with Crippen molar-refractivity contribution >= 4 is 11.9 Å². The number of carbonyl (C=O) groups is 2. The summed E-state index contributed by atoms with van der Waals surface area (Å²) in [6, 6.07) is 9.33. The summed E-state index contributed by atoms with van der Waals surface area (Å²) in [6.07, 6.45) is 1.45. The van der Waals surface area contributed by atoms with E-state index in [1.807, 2.05) is 30.3 Å². The van der Waals surface area contributed by atoms with Crippen molar-refractivity contribution in [2.75, 3.05) is 6.54 Å². The Kier molecular flexibility index (Phi) is 5.11. The third kappa shape index (κ3) is 4.82. The molecule has 0 saturated heterocycles. The highest BCUT2D eigenvalue weighted by molar-refractivity contribution is 5.90. The first-order valence-electron chi connectivity index (χ1n) is 5.68. The Bertz CT molecular complexity index is 447. The summed E-state index contributed by atoms with van der Waals surface area (Å²) in [7, 11) is 0. The molecule has 0 bridgehead atoms. The van der Waals surface area contributed by atoms with E-state index in [4.69, 9.17) is 5.11 Å². The number of carboxylic acids is 1.